The van der Waals surface area contributed by atoms with Crippen molar-refractivity contribution < 1.29 is 14.3 Å². The maximum absolute atomic E-state index is 12.5. The fourth-order valence-electron chi connectivity index (χ4n) is 3.88. The predicted molar refractivity (Wildman–Crippen MR) is 115 cm³/mol. The van der Waals surface area contributed by atoms with Crippen LogP contribution in [0, 0.1) is 0 Å². The summed E-state index contributed by atoms with van der Waals surface area (Å²) < 4.78 is 10.6. The van der Waals surface area contributed by atoms with Crippen LogP contribution < -0.4 is 19.7 Å². The van der Waals surface area contributed by atoms with Crippen LogP contribution in [0.3, 0.4) is 0 Å². The van der Waals surface area contributed by atoms with Crippen molar-refractivity contribution in [1.29, 1.82) is 0 Å². The first-order valence-electron chi connectivity index (χ1n) is 10.4. The molecule has 0 radical (unpaired) electrons. The number of methoxy groups -OCH3 is 2. The number of pyridine rings is 1. The van der Waals surface area contributed by atoms with Crippen molar-refractivity contribution in [2.45, 2.75) is 45.1 Å². The summed E-state index contributed by atoms with van der Waals surface area (Å²) in [6.45, 7) is 3.81. The van der Waals surface area contributed by atoms with E-state index in [-0.39, 0.29) is 5.91 Å². The van der Waals surface area contributed by atoms with Gasteiger partial charge in [0.1, 0.15) is 5.82 Å². The Labute approximate surface area is 173 Å². The zero-order valence-electron chi connectivity index (χ0n) is 17.6. The van der Waals surface area contributed by atoms with Gasteiger partial charge in [0.25, 0.3) is 5.91 Å². The molecule has 1 aromatic heterocycles. The van der Waals surface area contributed by atoms with Crippen molar-refractivity contribution in [2.24, 2.45) is 0 Å². The monoisotopic (exact) mass is 397 g/mol. The minimum atomic E-state index is -0.102. The van der Waals surface area contributed by atoms with Gasteiger partial charge in [0.05, 0.1) is 19.8 Å². The van der Waals surface area contributed by atoms with Crippen LogP contribution in [0.1, 0.15) is 48.5 Å². The van der Waals surface area contributed by atoms with Crippen molar-refractivity contribution >= 4 is 11.7 Å². The summed E-state index contributed by atoms with van der Waals surface area (Å²) in [4.78, 5) is 19.4. The number of nitrogens with one attached hydrogen (secondary N) is 1. The van der Waals surface area contributed by atoms with Gasteiger partial charge in [-0.15, -0.1) is 0 Å². The summed E-state index contributed by atoms with van der Waals surface area (Å²) in [6.07, 6.45) is 7.23. The molecular weight excluding hydrogens is 366 g/mol. The Bertz CT molecular complexity index is 808. The average Bonchev–Trinajstić information content (AvgIpc) is 2.78. The smallest absolute Gasteiger partial charge is 0.252 e. The molecule has 3 rings (SSSR count). The number of amides is 1. The number of nitrogens with zero attached hydrogens (tertiary/aromatic N) is 2. The van der Waals surface area contributed by atoms with Gasteiger partial charge >= 0.3 is 0 Å². The second-order valence-corrected chi connectivity index (χ2v) is 7.35. The molecule has 1 unspecified atom stereocenters. The standard InChI is InChI=1S/C23H31N3O3/c1-4-19-7-5-6-14-26(19)22-11-9-18(16-25-22)23(27)24-13-12-17-8-10-20(28-2)21(15-17)29-3/h8-11,15-16,19H,4-7,12-14H2,1-3H3,(H,24,27). The van der Waals surface area contributed by atoms with Crippen LogP contribution in [0.5, 0.6) is 11.5 Å². The minimum absolute atomic E-state index is 0.102. The Morgan fingerprint density at radius 1 is 1.17 bits per heavy atom. The van der Waals surface area contributed by atoms with Crippen molar-refractivity contribution in [2.75, 3.05) is 32.2 Å². The van der Waals surface area contributed by atoms with Crippen LogP contribution in [0.2, 0.25) is 0 Å². The second-order valence-electron chi connectivity index (χ2n) is 7.35. The number of aromatic nitrogens is 1. The number of ether oxygens (including phenoxy) is 2. The van der Waals surface area contributed by atoms with E-state index < -0.39 is 0 Å². The highest BCUT2D eigenvalue weighted by Crippen LogP contribution is 2.27. The van der Waals surface area contributed by atoms with E-state index in [0.717, 1.165) is 24.3 Å². The normalized spacial score (nSPS) is 16.4. The van der Waals surface area contributed by atoms with Crippen molar-refractivity contribution in [3.8, 4) is 11.5 Å². The van der Waals surface area contributed by atoms with Crippen molar-refractivity contribution in [1.82, 2.24) is 10.3 Å². The van der Waals surface area contributed by atoms with Crippen LogP contribution in [0.4, 0.5) is 5.82 Å². The Morgan fingerprint density at radius 2 is 2.00 bits per heavy atom. The highest BCUT2D eigenvalue weighted by Gasteiger charge is 2.22. The number of rotatable bonds is 8. The molecular formula is C23H31N3O3. The quantitative estimate of drug-likeness (QED) is 0.733. The van der Waals surface area contributed by atoms with E-state index >= 15 is 0 Å². The van der Waals surface area contributed by atoms with Gasteiger partial charge in [-0.05, 0) is 61.9 Å². The van der Waals surface area contributed by atoms with Crippen molar-refractivity contribution in [3.63, 3.8) is 0 Å². The van der Waals surface area contributed by atoms with Crippen molar-refractivity contribution in [3.05, 3.63) is 47.7 Å². The summed E-state index contributed by atoms with van der Waals surface area (Å²) in [6, 6.07) is 10.2. The second kappa shape index (κ2) is 10.1. The summed E-state index contributed by atoms with van der Waals surface area (Å²) in [5.74, 6) is 2.26. The Kier molecular flexibility index (Phi) is 7.33. The number of anilines is 1. The van der Waals surface area contributed by atoms with E-state index in [4.69, 9.17) is 9.47 Å². The molecule has 0 bridgehead atoms. The first kappa shape index (κ1) is 21.0. The summed E-state index contributed by atoms with van der Waals surface area (Å²) >= 11 is 0. The van der Waals surface area contributed by atoms with E-state index in [9.17, 15) is 4.79 Å². The molecule has 0 saturated carbocycles. The first-order valence-corrected chi connectivity index (χ1v) is 10.4. The summed E-state index contributed by atoms with van der Waals surface area (Å²) in [5, 5.41) is 2.97. The first-order chi connectivity index (χ1) is 14.2. The van der Waals surface area contributed by atoms with E-state index in [2.05, 4.69) is 22.1 Å². The van der Waals surface area contributed by atoms with E-state index in [0.29, 0.717) is 36.1 Å². The van der Waals surface area contributed by atoms with E-state index in [1.807, 2.05) is 30.3 Å². The lowest BCUT2D eigenvalue weighted by Crippen LogP contribution is -2.39. The average molecular weight is 398 g/mol. The van der Waals surface area contributed by atoms with Crippen LogP contribution in [-0.2, 0) is 6.42 Å². The van der Waals surface area contributed by atoms with Gasteiger partial charge in [-0.25, -0.2) is 4.98 Å². The van der Waals surface area contributed by atoms with E-state index in [1.165, 1.54) is 19.3 Å². The molecule has 1 saturated heterocycles. The largest absolute Gasteiger partial charge is 0.493 e. The third-order valence-corrected chi connectivity index (χ3v) is 5.55. The zero-order chi connectivity index (χ0) is 20.6. The summed E-state index contributed by atoms with van der Waals surface area (Å²) in [5.41, 5.74) is 1.67. The van der Waals surface area contributed by atoms with Crippen LogP contribution in [0.15, 0.2) is 36.5 Å². The molecule has 6 heteroatoms. The molecule has 1 fully saturated rings. The molecule has 156 valence electrons. The molecule has 1 N–H and O–H groups in total. The van der Waals surface area contributed by atoms with Gasteiger partial charge < -0.3 is 19.7 Å². The lowest BCUT2D eigenvalue weighted by Gasteiger charge is -2.36. The molecule has 1 atom stereocenters. The third-order valence-electron chi connectivity index (χ3n) is 5.55. The lowest BCUT2D eigenvalue weighted by atomic mass is 10.00. The maximum atomic E-state index is 12.5. The van der Waals surface area contributed by atoms with Gasteiger partial charge in [-0.1, -0.05) is 13.0 Å². The predicted octanol–water partition coefficient (Wildman–Crippen LogP) is 3.84. The molecule has 6 nitrogen and oxygen atoms in total. The number of piperidine rings is 1. The molecule has 29 heavy (non-hydrogen) atoms. The van der Waals surface area contributed by atoms with Crippen LogP contribution in [-0.4, -0.2) is 44.2 Å². The fraction of sp³-hybridized carbons (Fsp3) is 0.478. The van der Waals surface area contributed by atoms with Gasteiger partial charge in [-0.3, -0.25) is 4.79 Å². The number of carbonyl (C=O) groups excluding carboxylic acids is 1. The number of hydrogen-bond acceptors (Lipinski definition) is 5. The Morgan fingerprint density at radius 3 is 2.69 bits per heavy atom. The van der Waals surface area contributed by atoms with E-state index in [1.54, 1.807) is 20.4 Å². The minimum Gasteiger partial charge on any atom is -0.493 e. The van der Waals surface area contributed by atoms with Gasteiger partial charge in [0.15, 0.2) is 11.5 Å². The number of carbonyl (C=O) groups is 1. The molecule has 1 aliphatic heterocycles. The molecule has 1 aliphatic rings. The van der Waals surface area contributed by atoms with Crippen LogP contribution in [0.25, 0.3) is 0 Å². The molecule has 2 aromatic rings. The molecule has 1 aromatic carbocycles. The number of benzene rings is 1. The maximum Gasteiger partial charge on any atom is 0.252 e. The van der Waals surface area contributed by atoms with Gasteiger partial charge in [0.2, 0.25) is 0 Å². The summed E-state index contributed by atoms with van der Waals surface area (Å²) in [7, 11) is 3.23. The Hall–Kier alpha value is -2.76. The topological polar surface area (TPSA) is 63.7 Å². The third kappa shape index (κ3) is 5.19. The highest BCUT2D eigenvalue weighted by molar-refractivity contribution is 5.94. The Balaban J connectivity index is 1.54. The number of hydrogen-bond donors (Lipinski definition) is 1. The highest BCUT2D eigenvalue weighted by atomic mass is 16.5. The zero-order valence-corrected chi connectivity index (χ0v) is 17.6. The fourth-order valence-corrected chi connectivity index (χ4v) is 3.88. The molecule has 0 aliphatic carbocycles. The molecule has 2 heterocycles. The molecule has 0 spiro atoms. The molecule has 1 amide bonds. The van der Waals surface area contributed by atoms with Crippen LogP contribution >= 0.6 is 0 Å². The van der Waals surface area contributed by atoms with Gasteiger partial charge in [0, 0.05) is 25.3 Å². The SMILES string of the molecule is CCC1CCCCN1c1ccc(C(=O)NCCc2ccc(OC)c(OC)c2)cn1. The lowest BCUT2D eigenvalue weighted by molar-refractivity contribution is 0.0954. The van der Waals surface area contributed by atoms with Gasteiger partial charge in [-0.2, -0.15) is 0 Å².